The largest absolute Gasteiger partial charge is 0.496 e. The summed E-state index contributed by atoms with van der Waals surface area (Å²) in [5, 5.41) is 0.540. The highest BCUT2D eigenvalue weighted by Crippen LogP contribution is 2.34. The fraction of sp³-hybridized carbons (Fsp3) is 0.111. The summed E-state index contributed by atoms with van der Waals surface area (Å²) in [6.45, 7) is 2.48. The van der Waals surface area contributed by atoms with Gasteiger partial charge in [0.25, 0.3) is 0 Å². The maximum absolute atomic E-state index is 13.0. The van der Waals surface area contributed by atoms with Gasteiger partial charge < -0.3 is 18.9 Å². The first-order valence-corrected chi connectivity index (χ1v) is 10.5. The van der Waals surface area contributed by atoms with E-state index in [2.05, 4.69) is 9.97 Å². The number of nitrogens with one attached hydrogen (secondary N) is 1. The zero-order valence-corrected chi connectivity index (χ0v) is 18.3. The highest BCUT2D eigenvalue weighted by molar-refractivity contribution is 5.88. The van der Waals surface area contributed by atoms with Crippen LogP contribution < -0.4 is 14.9 Å². The molecule has 0 spiro atoms. The molecule has 5 rings (SSSR count). The van der Waals surface area contributed by atoms with Crippen molar-refractivity contribution in [3.05, 3.63) is 101 Å². The van der Waals surface area contributed by atoms with E-state index in [9.17, 15) is 4.79 Å². The van der Waals surface area contributed by atoms with Crippen LogP contribution in [0.2, 0.25) is 0 Å². The minimum atomic E-state index is -0.102. The van der Waals surface area contributed by atoms with E-state index in [-0.39, 0.29) is 5.43 Å². The van der Waals surface area contributed by atoms with Crippen molar-refractivity contribution in [1.82, 2.24) is 9.97 Å². The van der Waals surface area contributed by atoms with E-state index >= 15 is 0 Å². The van der Waals surface area contributed by atoms with Crippen molar-refractivity contribution in [2.24, 2.45) is 0 Å². The van der Waals surface area contributed by atoms with Gasteiger partial charge in [0.1, 0.15) is 18.1 Å². The first kappa shape index (κ1) is 20.6. The molecule has 0 amide bonds. The minimum Gasteiger partial charge on any atom is -0.496 e. The normalized spacial score (nSPS) is 11.0. The van der Waals surface area contributed by atoms with Crippen LogP contribution in [-0.2, 0) is 6.61 Å². The molecule has 164 valence electrons. The third kappa shape index (κ3) is 4.11. The Morgan fingerprint density at radius 2 is 1.85 bits per heavy atom. The summed E-state index contributed by atoms with van der Waals surface area (Å²) in [5.41, 5.74) is 4.92. The van der Waals surface area contributed by atoms with Gasteiger partial charge in [0.15, 0.2) is 17.6 Å². The van der Waals surface area contributed by atoms with Crippen molar-refractivity contribution in [3.63, 3.8) is 0 Å². The highest BCUT2D eigenvalue weighted by atomic mass is 16.5. The van der Waals surface area contributed by atoms with Crippen molar-refractivity contribution in [1.29, 1.82) is 0 Å². The average molecular weight is 438 g/mol. The van der Waals surface area contributed by atoms with E-state index in [0.717, 1.165) is 22.4 Å². The number of aromatic nitrogens is 2. The molecule has 1 N–H and O–H groups in total. The van der Waals surface area contributed by atoms with Crippen LogP contribution in [-0.4, -0.2) is 17.1 Å². The average Bonchev–Trinajstić information content (AvgIpc) is 3.38. The lowest BCUT2D eigenvalue weighted by atomic mass is 10.0. The number of oxazole rings is 1. The molecule has 5 aromatic rings. The monoisotopic (exact) mass is 438 g/mol. The van der Waals surface area contributed by atoms with Gasteiger partial charge in [-0.05, 0) is 30.2 Å². The maximum Gasteiger partial charge on any atom is 0.190 e. The summed E-state index contributed by atoms with van der Waals surface area (Å²) >= 11 is 0. The van der Waals surface area contributed by atoms with Crippen LogP contribution in [0.5, 0.6) is 11.5 Å². The molecule has 0 saturated carbocycles. The quantitative estimate of drug-likeness (QED) is 0.365. The summed E-state index contributed by atoms with van der Waals surface area (Å²) in [6.07, 6.45) is 2.94. The molecule has 6 heteroatoms. The molecule has 0 radical (unpaired) electrons. The van der Waals surface area contributed by atoms with Crippen LogP contribution in [0.15, 0.2) is 88.5 Å². The summed E-state index contributed by atoms with van der Waals surface area (Å²) < 4.78 is 17.0. The number of aryl methyl sites for hydroxylation is 1. The summed E-state index contributed by atoms with van der Waals surface area (Å²) in [6, 6.07) is 21.1. The number of pyridine rings is 1. The van der Waals surface area contributed by atoms with Crippen LogP contribution in [0.1, 0.15) is 11.1 Å². The molecule has 0 aliphatic rings. The van der Waals surface area contributed by atoms with Gasteiger partial charge >= 0.3 is 0 Å². The van der Waals surface area contributed by atoms with E-state index < -0.39 is 0 Å². The van der Waals surface area contributed by atoms with Crippen molar-refractivity contribution >= 4 is 10.9 Å². The number of benzene rings is 3. The lowest BCUT2D eigenvalue weighted by molar-refractivity contribution is 0.304. The summed E-state index contributed by atoms with van der Waals surface area (Å²) in [7, 11) is 1.58. The number of methoxy groups -OCH3 is 1. The Kier molecular flexibility index (Phi) is 5.40. The van der Waals surface area contributed by atoms with E-state index in [0.29, 0.717) is 40.3 Å². The van der Waals surface area contributed by atoms with Crippen molar-refractivity contribution in [2.45, 2.75) is 13.5 Å². The molecule has 2 aromatic heterocycles. The summed E-state index contributed by atoms with van der Waals surface area (Å²) in [4.78, 5) is 20.3. The summed E-state index contributed by atoms with van der Waals surface area (Å²) in [5.74, 6) is 1.90. The SMILES string of the molecule is COc1cc2[nH]c(-c3ccc(C)c(OCc4ccccc4)c3)cc(=O)c2cc1-c1cnco1. The van der Waals surface area contributed by atoms with Crippen LogP contribution >= 0.6 is 0 Å². The van der Waals surface area contributed by atoms with Gasteiger partial charge in [0.2, 0.25) is 0 Å². The molecule has 0 saturated heterocycles. The molecule has 0 fully saturated rings. The highest BCUT2D eigenvalue weighted by Gasteiger charge is 2.14. The number of aromatic amines is 1. The van der Waals surface area contributed by atoms with Crippen LogP contribution in [0.4, 0.5) is 0 Å². The van der Waals surface area contributed by atoms with Crippen LogP contribution in [0, 0.1) is 6.92 Å². The van der Waals surface area contributed by atoms with E-state index in [1.807, 2.05) is 55.5 Å². The Morgan fingerprint density at radius 3 is 2.61 bits per heavy atom. The molecular weight excluding hydrogens is 416 g/mol. The topological polar surface area (TPSA) is 77.4 Å². The number of hydrogen-bond donors (Lipinski definition) is 1. The van der Waals surface area contributed by atoms with E-state index in [1.165, 1.54) is 6.39 Å². The molecule has 0 aliphatic carbocycles. The standard InChI is InChI=1S/C27H22N2O4/c1-17-8-9-19(10-25(17)32-15-18-6-4-3-5-7-18)22-12-24(30)20-11-21(27-14-28-16-33-27)26(31-2)13-23(20)29-22/h3-14,16H,15H2,1-2H3,(H,29,30). The number of rotatable bonds is 6. The Labute approximate surface area is 190 Å². The lowest BCUT2D eigenvalue weighted by Crippen LogP contribution is -2.04. The van der Waals surface area contributed by atoms with Crippen molar-refractivity contribution in [2.75, 3.05) is 7.11 Å². The number of fused-ring (bicyclic) bond motifs is 1. The molecular formula is C27H22N2O4. The third-order valence-corrected chi connectivity index (χ3v) is 5.58. The minimum absolute atomic E-state index is 0.102. The lowest BCUT2D eigenvalue weighted by Gasteiger charge is -2.13. The number of hydrogen-bond acceptors (Lipinski definition) is 5. The van der Waals surface area contributed by atoms with E-state index in [4.69, 9.17) is 13.9 Å². The second-order valence-corrected chi connectivity index (χ2v) is 7.77. The third-order valence-electron chi connectivity index (χ3n) is 5.58. The predicted molar refractivity (Wildman–Crippen MR) is 128 cm³/mol. The van der Waals surface area contributed by atoms with Gasteiger partial charge in [0.05, 0.1) is 24.4 Å². The van der Waals surface area contributed by atoms with Gasteiger partial charge in [-0.1, -0.05) is 42.5 Å². The number of ether oxygens (including phenoxy) is 2. The second-order valence-electron chi connectivity index (χ2n) is 7.77. The molecule has 3 aromatic carbocycles. The first-order valence-electron chi connectivity index (χ1n) is 10.5. The number of nitrogens with zero attached hydrogens (tertiary/aromatic N) is 1. The molecule has 0 bridgehead atoms. The number of H-pyrrole nitrogens is 1. The van der Waals surface area contributed by atoms with Crippen molar-refractivity contribution < 1.29 is 13.9 Å². The van der Waals surface area contributed by atoms with Gasteiger partial charge in [-0.15, -0.1) is 0 Å². The fourth-order valence-corrected chi connectivity index (χ4v) is 3.80. The Morgan fingerprint density at radius 1 is 1.00 bits per heavy atom. The Balaban J connectivity index is 1.53. The molecule has 0 unspecified atom stereocenters. The van der Waals surface area contributed by atoms with Crippen LogP contribution in [0.3, 0.4) is 0 Å². The first-order chi connectivity index (χ1) is 16.1. The van der Waals surface area contributed by atoms with Gasteiger partial charge in [-0.2, -0.15) is 0 Å². The van der Waals surface area contributed by atoms with Gasteiger partial charge in [-0.25, -0.2) is 4.98 Å². The predicted octanol–water partition coefficient (Wildman–Crippen LogP) is 5.75. The van der Waals surface area contributed by atoms with Crippen molar-refractivity contribution in [3.8, 4) is 34.1 Å². The molecule has 0 aliphatic heterocycles. The Bertz CT molecular complexity index is 1470. The zero-order valence-electron chi connectivity index (χ0n) is 18.3. The maximum atomic E-state index is 13.0. The molecule has 6 nitrogen and oxygen atoms in total. The second kappa shape index (κ2) is 8.67. The molecule has 33 heavy (non-hydrogen) atoms. The van der Waals surface area contributed by atoms with Gasteiger partial charge in [-0.3, -0.25) is 4.79 Å². The molecule has 0 atom stereocenters. The zero-order chi connectivity index (χ0) is 22.8. The Hall–Kier alpha value is -4.32. The van der Waals surface area contributed by atoms with Gasteiger partial charge in [0, 0.05) is 28.8 Å². The van der Waals surface area contributed by atoms with E-state index in [1.54, 1.807) is 31.5 Å². The fourth-order valence-electron chi connectivity index (χ4n) is 3.80. The smallest absolute Gasteiger partial charge is 0.190 e. The van der Waals surface area contributed by atoms with Crippen LogP contribution in [0.25, 0.3) is 33.5 Å². The molecule has 2 heterocycles.